The number of rotatable bonds is 5. The molecule has 1 aromatic rings. The minimum absolute atomic E-state index is 0.0167. The third-order valence-electron chi connectivity index (χ3n) is 3.03. The summed E-state index contributed by atoms with van der Waals surface area (Å²) in [4.78, 5) is 0. The van der Waals surface area contributed by atoms with Crippen LogP contribution in [0.25, 0.3) is 0 Å². The molecule has 0 fully saturated rings. The summed E-state index contributed by atoms with van der Waals surface area (Å²) in [7, 11) is -3.15. The second-order valence-corrected chi connectivity index (χ2v) is 8.45. The Bertz CT molecular complexity index is 530. The van der Waals surface area contributed by atoms with E-state index in [0.29, 0.717) is 12.3 Å². The predicted molar refractivity (Wildman–Crippen MR) is 78.1 cm³/mol. The van der Waals surface area contributed by atoms with E-state index in [9.17, 15) is 8.42 Å². The topological polar surface area (TPSA) is 69.4 Å². The van der Waals surface area contributed by atoms with Crippen molar-refractivity contribution in [2.45, 2.75) is 39.0 Å². The van der Waals surface area contributed by atoms with E-state index in [1.807, 2.05) is 25.1 Å². The second-order valence-electron chi connectivity index (χ2n) is 5.58. The SMILES string of the molecule is Cc1ccc(CN)cc1OCCS(=O)(=O)C(C)(C)C. The molecule has 108 valence electrons. The van der Waals surface area contributed by atoms with Crippen LogP contribution in [0.5, 0.6) is 5.75 Å². The summed E-state index contributed by atoms with van der Waals surface area (Å²) in [6.45, 7) is 7.62. The Kier molecular flexibility index (Phi) is 4.98. The first-order valence-electron chi connectivity index (χ1n) is 6.32. The molecular formula is C14H23NO3S. The number of benzene rings is 1. The van der Waals surface area contributed by atoms with E-state index in [1.165, 1.54) is 0 Å². The van der Waals surface area contributed by atoms with Crippen molar-refractivity contribution >= 4 is 9.84 Å². The Morgan fingerprint density at radius 2 is 1.89 bits per heavy atom. The van der Waals surface area contributed by atoms with E-state index >= 15 is 0 Å². The fourth-order valence-electron chi connectivity index (χ4n) is 1.49. The van der Waals surface area contributed by atoms with E-state index < -0.39 is 14.6 Å². The van der Waals surface area contributed by atoms with Crippen LogP contribution in [0.3, 0.4) is 0 Å². The normalized spacial score (nSPS) is 12.5. The zero-order valence-electron chi connectivity index (χ0n) is 12.1. The van der Waals surface area contributed by atoms with Crippen LogP contribution in [-0.4, -0.2) is 25.5 Å². The van der Waals surface area contributed by atoms with Gasteiger partial charge in [0, 0.05) is 6.54 Å². The molecule has 0 aliphatic heterocycles. The first-order valence-corrected chi connectivity index (χ1v) is 7.97. The number of hydrogen-bond acceptors (Lipinski definition) is 4. The Balaban J connectivity index is 2.69. The minimum atomic E-state index is -3.15. The third kappa shape index (κ3) is 4.21. The molecule has 19 heavy (non-hydrogen) atoms. The van der Waals surface area contributed by atoms with Gasteiger partial charge in [-0.3, -0.25) is 0 Å². The molecule has 1 rings (SSSR count). The van der Waals surface area contributed by atoms with Gasteiger partial charge in [-0.2, -0.15) is 0 Å². The number of aryl methyl sites for hydroxylation is 1. The molecule has 0 atom stereocenters. The van der Waals surface area contributed by atoms with Crippen LogP contribution in [0.2, 0.25) is 0 Å². The van der Waals surface area contributed by atoms with Crippen LogP contribution in [-0.2, 0) is 16.4 Å². The maximum absolute atomic E-state index is 12.0. The van der Waals surface area contributed by atoms with Crippen molar-refractivity contribution in [3.8, 4) is 5.75 Å². The van der Waals surface area contributed by atoms with Crippen LogP contribution in [0.4, 0.5) is 0 Å². The first kappa shape index (κ1) is 16.0. The van der Waals surface area contributed by atoms with Crippen LogP contribution in [0.1, 0.15) is 31.9 Å². The van der Waals surface area contributed by atoms with Gasteiger partial charge in [-0.15, -0.1) is 0 Å². The van der Waals surface area contributed by atoms with Gasteiger partial charge in [0.25, 0.3) is 0 Å². The Morgan fingerprint density at radius 3 is 2.42 bits per heavy atom. The smallest absolute Gasteiger partial charge is 0.158 e. The van der Waals surface area contributed by atoms with Gasteiger partial charge in [0.1, 0.15) is 12.4 Å². The van der Waals surface area contributed by atoms with Crippen molar-refractivity contribution in [2.24, 2.45) is 5.73 Å². The summed E-state index contributed by atoms with van der Waals surface area (Å²) in [5, 5.41) is 0. The van der Waals surface area contributed by atoms with Crippen molar-refractivity contribution in [1.82, 2.24) is 0 Å². The quantitative estimate of drug-likeness (QED) is 0.899. The molecule has 1 aromatic carbocycles. The molecule has 0 spiro atoms. The molecule has 0 aliphatic rings. The minimum Gasteiger partial charge on any atom is -0.492 e. The monoisotopic (exact) mass is 285 g/mol. The van der Waals surface area contributed by atoms with Crippen molar-refractivity contribution in [1.29, 1.82) is 0 Å². The zero-order chi connectivity index (χ0) is 14.7. The summed E-state index contributed by atoms with van der Waals surface area (Å²) < 4.78 is 28.7. The van der Waals surface area contributed by atoms with Gasteiger partial charge in [-0.25, -0.2) is 8.42 Å². The van der Waals surface area contributed by atoms with Crippen molar-refractivity contribution in [3.63, 3.8) is 0 Å². The molecule has 0 bridgehead atoms. The van der Waals surface area contributed by atoms with Crippen molar-refractivity contribution < 1.29 is 13.2 Å². The molecule has 0 amide bonds. The molecule has 4 nitrogen and oxygen atoms in total. The molecule has 0 heterocycles. The van der Waals surface area contributed by atoms with E-state index in [-0.39, 0.29) is 12.4 Å². The van der Waals surface area contributed by atoms with Crippen molar-refractivity contribution in [2.75, 3.05) is 12.4 Å². The first-order chi connectivity index (χ1) is 8.67. The zero-order valence-corrected chi connectivity index (χ0v) is 12.9. The standard InChI is InChI=1S/C14H23NO3S/c1-11-5-6-12(10-15)9-13(11)18-7-8-19(16,17)14(2,3)4/h5-6,9H,7-8,10,15H2,1-4H3. The van der Waals surface area contributed by atoms with Crippen molar-refractivity contribution in [3.05, 3.63) is 29.3 Å². The van der Waals surface area contributed by atoms with E-state index in [2.05, 4.69) is 0 Å². The highest BCUT2D eigenvalue weighted by atomic mass is 32.2. The molecule has 0 radical (unpaired) electrons. The van der Waals surface area contributed by atoms with Gasteiger partial charge in [0.05, 0.1) is 10.5 Å². The summed E-state index contributed by atoms with van der Waals surface area (Å²) in [6.07, 6.45) is 0. The lowest BCUT2D eigenvalue weighted by atomic mass is 10.1. The van der Waals surface area contributed by atoms with Crippen LogP contribution >= 0.6 is 0 Å². The average Bonchev–Trinajstić information content (AvgIpc) is 2.30. The summed E-state index contributed by atoms with van der Waals surface area (Å²) >= 11 is 0. The van der Waals surface area contributed by atoms with Gasteiger partial charge < -0.3 is 10.5 Å². The lowest BCUT2D eigenvalue weighted by Gasteiger charge is -2.19. The highest BCUT2D eigenvalue weighted by Crippen LogP contribution is 2.20. The molecule has 0 saturated heterocycles. The Morgan fingerprint density at radius 1 is 1.26 bits per heavy atom. The fourth-order valence-corrected chi connectivity index (χ4v) is 2.41. The van der Waals surface area contributed by atoms with Gasteiger partial charge >= 0.3 is 0 Å². The van der Waals surface area contributed by atoms with Crippen LogP contribution in [0.15, 0.2) is 18.2 Å². The summed E-state index contributed by atoms with van der Waals surface area (Å²) in [5.74, 6) is 0.718. The number of sulfone groups is 1. The average molecular weight is 285 g/mol. The fraction of sp³-hybridized carbons (Fsp3) is 0.571. The van der Waals surface area contributed by atoms with Gasteiger partial charge in [-0.1, -0.05) is 12.1 Å². The highest BCUT2D eigenvalue weighted by Gasteiger charge is 2.28. The van der Waals surface area contributed by atoms with Gasteiger partial charge in [-0.05, 0) is 44.9 Å². The maximum atomic E-state index is 12.0. The van der Waals surface area contributed by atoms with Crippen LogP contribution in [0, 0.1) is 6.92 Å². The van der Waals surface area contributed by atoms with Crippen LogP contribution < -0.4 is 10.5 Å². The Hall–Kier alpha value is -1.07. The largest absolute Gasteiger partial charge is 0.492 e. The van der Waals surface area contributed by atoms with Gasteiger partial charge in [0.15, 0.2) is 9.84 Å². The van der Waals surface area contributed by atoms with E-state index in [1.54, 1.807) is 20.8 Å². The third-order valence-corrected chi connectivity index (χ3v) is 5.60. The molecule has 5 heteroatoms. The molecule has 0 saturated carbocycles. The predicted octanol–water partition coefficient (Wildman–Crippen LogP) is 2.05. The number of ether oxygens (including phenoxy) is 1. The Labute approximate surface area is 115 Å². The molecular weight excluding hydrogens is 262 g/mol. The van der Waals surface area contributed by atoms with E-state index in [0.717, 1.165) is 11.1 Å². The second kappa shape index (κ2) is 5.92. The molecule has 2 N–H and O–H groups in total. The lowest BCUT2D eigenvalue weighted by molar-refractivity contribution is 0.337. The molecule has 0 aliphatic carbocycles. The molecule has 0 aromatic heterocycles. The number of nitrogens with two attached hydrogens (primary N) is 1. The highest BCUT2D eigenvalue weighted by molar-refractivity contribution is 7.92. The van der Waals surface area contributed by atoms with Gasteiger partial charge in [0.2, 0.25) is 0 Å². The van der Waals surface area contributed by atoms with E-state index in [4.69, 9.17) is 10.5 Å². The number of hydrogen-bond donors (Lipinski definition) is 1. The summed E-state index contributed by atoms with van der Waals surface area (Å²) in [6, 6.07) is 5.73. The lowest BCUT2D eigenvalue weighted by Crippen LogP contribution is -2.32. The maximum Gasteiger partial charge on any atom is 0.158 e. The molecule has 0 unspecified atom stereocenters. The summed E-state index contributed by atoms with van der Waals surface area (Å²) in [5.41, 5.74) is 7.52.